The maximum absolute atomic E-state index is 12.8. The molecule has 6 heteroatoms. The number of aliphatic hydroxyl groups excluding tert-OH is 2. The highest BCUT2D eigenvalue weighted by Gasteiger charge is 2.47. The van der Waals surface area contributed by atoms with Gasteiger partial charge < -0.3 is 24.4 Å². The van der Waals surface area contributed by atoms with Gasteiger partial charge in [0.15, 0.2) is 0 Å². The molecule has 2 rings (SSSR count). The van der Waals surface area contributed by atoms with E-state index in [0.29, 0.717) is 37.5 Å². The minimum absolute atomic E-state index is 0.117. The fraction of sp³-hybridized carbons (Fsp3) is 0.962. The summed E-state index contributed by atoms with van der Waals surface area (Å²) in [6.07, 6.45) is 4.23. The summed E-state index contributed by atoms with van der Waals surface area (Å²) in [5.74, 6) is 0.293. The number of hydrogen-bond acceptors (Lipinski definition) is 6. The molecule has 8 unspecified atom stereocenters. The van der Waals surface area contributed by atoms with Gasteiger partial charge in [0.2, 0.25) is 0 Å². The van der Waals surface area contributed by atoms with E-state index in [9.17, 15) is 15.0 Å². The zero-order valence-electron chi connectivity index (χ0n) is 21.6. The Bertz CT molecular complexity index is 588. The Labute approximate surface area is 195 Å². The molecule has 0 aliphatic heterocycles. The maximum Gasteiger partial charge on any atom is 0.309 e. The van der Waals surface area contributed by atoms with E-state index in [2.05, 4.69) is 0 Å². The Balaban J connectivity index is 2.14. The molecule has 0 aromatic heterocycles. The summed E-state index contributed by atoms with van der Waals surface area (Å²) in [6, 6.07) is 0. The standard InChI is InChI=1S/C26H48O6/c1-9-17(24(29)32-26(6,7)8)12-20(15-21(10-16(2)27)31-25(3,4)5)30-23-14-18-11-19(23)13-22(18)28/h16-23,27-28H,9-15H2,1-8H3. The number of aliphatic hydroxyl groups is 2. The van der Waals surface area contributed by atoms with Gasteiger partial charge >= 0.3 is 5.97 Å². The van der Waals surface area contributed by atoms with Crippen molar-refractivity contribution < 1.29 is 29.2 Å². The van der Waals surface area contributed by atoms with Crippen molar-refractivity contribution in [2.24, 2.45) is 17.8 Å². The smallest absolute Gasteiger partial charge is 0.309 e. The number of fused-ring (bicyclic) bond motifs is 2. The third-order valence-electron chi connectivity index (χ3n) is 6.55. The third-order valence-corrected chi connectivity index (χ3v) is 6.55. The van der Waals surface area contributed by atoms with Crippen LogP contribution >= 0.6 is 0 Å². The van der Waals surface area contributed by atoms with E-state index in [4.69, 9.17) is 14.2 Å². The molecule has 0 amide bonds. The summed E-state index contributed by atoms with van der Waals surface area (Å²) >= 11 is 0. The topological polar surface area (TPSA) is 85.2 Å². The summed E-state index contributed by atoms with van der Waals surface area (Å²) in [6.45, 7) is 15.5. The van der Waals surface area contributed by atoms with Crippen LogP contribution in [-0.2, 0) is 19.0 Å². The van der Waals surface area contributed by atoms with Gasteiger partial charge in [0.05, 0.1) is 42.0 Å². The highest BCUT2D eigenvalue weighted by Crippen LogP contribution is 2.47. The van der Waals surface area contributed by atoms with Crippen LogP contribution in [0.15, 0.2) is 0 Å². The highest BCUT2D eigenvalue weighted by molar-refractivity contribution is 5.72. The van der Waals surface area contributed by atoms with E-state index in [1.807, 2.05) is 48.5 Å². The lowest BCUT2D eigenvalue weighted by Gasteiger charge is -2.35. The van der Waals surface area contributed by atoms with Crippen molar-refractivity contribution >= 4 is 5.97 Å². The molecule has 0 aromatic rings. The van der Waals surface area contributed by atoms with Crippen LogP contribution in [0, 0.1) is 17.8 Å². The molecular formula is C26H48O6. The summed E-state index contributed by atoms with van der Waals surface area (Å²) in [7, 11) is 0. The Kier molecular flexibility index (Phi) is 9.61. The molecule has 2 fully saturated rings. The zero-order valence-corrected chi connectivity index (χ0v) is 21.6. The molecule has 8 atom stereocenters. The number of esters is 1. The van der Waals surface area contributed by atoms with E-state index in [1.165, 1.54) is 0 Å². The molecule has 188 valence electrons. The van der Waals surface area contributed by atoms with Crippen LogP contribution < -0.4 is 0 Å². The maximum atomic E-state index is 12.8. The largest absolute Gasteiger partial charge is 0.460 e. The Morgan fingerprint density at radius 1 is 0.938 bits per heavy atom. The molecule has 6 nitrogen and oxygen atoms in total. The summed E-state index contributed by atoms with van der Waals surface area (Å²) < 4.78 is 18.6. The quantitative estimate of drug-likeness (QED) is 0.441. The van der Waals surface area contributed by atoms with Crippen LogP contribution in [0.25, 0.3) is 0 Å². The van der Waals surface area contributed by atoms with Gasteiger partial charge in [0.25, 0.3) is 0 Å². The number of ether oxygens (including phenoxy) is 3. The Hall–Kier alpha value is -0.690. The van der Waals surface area contributed by atoms with Crippen molar-refractivity contribution in [2.45, 2.75) is 142 Å². The first kappa shape index (κ1) is 27.6. The second-order valence-corrected chi connectivity index (χ2v) is 12.1. The Morgan fingerprint density at radius 2 is 1.59 bits per heavy atom. The molecule has 32 heavy (non-hydrogen) atoms. The van der Waals surface area contributed by atoms with Gasteiger partial charge in [0.1, 0.15) is 5.60 Å². The van der Waals surface area contributed by atoms with Gasteiger partial charge in [-0.3, -0.25) is 4.79 Å². The fourth-order valence-corrected chi connectivity index (χ4v) is 5.31. The van der Waals surface area contributed by atoms with Gasteiger partial charge in [-0.2, -0.15) is 0 Å². The van der Waals surface area contributed by atoms with Crippen molar-refractivity contribution in [1.29, 1.82) is 0 Å². The van der Waals surface area contributed by atoms with Crippen LogP contribution in [0.2, 0.25) is 0 Å². The normalized spacial score (nSPS) is 29.6. The van der Waals surface area contributed by atoms with Crippen LogP contribution in [0.4, 0.5) is 0 Å². The van der Waals surface area contributed by atoms with E-state index in [1.54, 1.807) is 6.92 Å². The summed E-state index contributed by atoms with van der Waals surface area (Å²) in [5.41, 5.74) is -0.859. The first-order valence-corrected chi connectivity index (χ1v) is 12.6. The molecule has 2 N–H and O–H groups in total. The predicted octanol–water partition coefficient (Wildman–Crippen LogP) is 4.63. The number of carbonyl (C=O) groups is 1. The van der Waals surface area contributed by atoms with E-state index in [-0.39, 0.29) is 41.9 Å². The Morgan fingerprint density at radius 3 is 2.03 bits per heavy atom. The summed E-state index contributed by atoms with van der Waals surface area (Å²) in [5, 5.41) is 20.2. The summed E-state index contributed by atoms with van der Waals surface area (Å²) in [4.78, 5) is 12.8. The monoisotopic (exact) mass is 456 g/mol. The molecular weight excluding hydrogens is 408 g/mol. The fourth-order valence-electron chi connectivity index (χ4n) is 5.31. The van der Waals surface area contributed by atoms with Gasteiger partial charge in [-0.05, 0) is 105 Å². The molecule has 2 aliphatic rings. The van der Waals surface area contributed by atoms with Crippen LogP contribution in [0.1, 0.15) is 100 Å². The first-order valence-electron chi connectivity index (χ1n) is 12.6. The minimum Gasteiger partial charge on any atom is -0.460 e. The second kappa shape index (κ2) is 11.2. The van der Waals surface area contributed by atoms with Crippen LogP contribution in [0.3, 0.4) is 0 Å². The molecule has 0 heterocycles. The molecule has 0 spiro atoms. The second-order valence-electron chi connectivity index (χ2n) is 12.1. The first-order chi connectivity index (χ1) is 14.7. The molecule has 0 saturated heterocycles. The number of carbonyl (C=O) groups excluding carboxylic acids is 1. The van der Waals surface area contributed by atoms with Crippen molar-refractivity contribution in [3.05, 3.63) is 0 Å². The van der Waals surface area contributed by atoms with Gasteiger partial charge in [-0.1, -0.05) is 6.92 Å². The van der Waals surface area contributed by atoms with Crippen molar-refractivity contribution in [3.63, 3.8) is 0 Å². The van der Waals surface area contributed by atoms with Crippen LogP contribution in [-0.4, -0.2) is 57.9 Å². The minimum atomic E-state index is -0.522. The molecule has 2 aliphatic carbocycles. The van der Waals surface area contributed by atoms with Gasteiger partial charge in [0, 0.05) is 0 Å². The van der Waals surface area contributed by atoms with Gasteiger partial charge in [-0.15, -0.1) is 0 Å². The zero-order chi connectivity index (χ0) is 24.3. The van der Waals surface area contributed by atoms with Crippen molar-refractivity contribution in [3.8, 4) is 0 Å². The average Bonchev–Trinajstić information content (AvgIpc) is 3.14. The highest BCUT2D eigenvalue weighted by atomic mass is 16.6. The van der Waals surface area contributed by atoms with Gasteiger partial charge in [-0.25, -0.2) is 0 Å². The van der Waals surface area contributed by atoms with Crippen molar-refractivity contribution in [1.82, 2.24) is 0 Å². The predicted molar refractivity (Wildman–Crippen MR) is 125 cm³/mol. The van der Waals surface area contributed by atoms with E-state index in [0.717, 1.165) is 19.3 Å². The lowest BCUT2D eigenvalue weighted by atomic mass is 9.92. The molecule has 2 saturated carbocycles. The van der Waals surface area contributed by atoms with E-state index < -0.39 is 11.7 Å². The number of hydrogen-bond donors (Lipinski definition) is 2. The van der Waals surface area contributed by atoms with E-state index >= 15 is 0 Å². The van der Waals surface area contributed by atoms with Crippen LogP contribution in [0.5, 0.6) is 0 Å². The molecule has 0 radical (unpaired) electrons. The molecule has 0 aromatic carbocycles. The lowest BCUT2D eigenvalue weighted by molar-refractivity contribution is -0.164. The van der Waals surface area contributed by atoms with Crippen molar-refractivity contribution in [2.75, 3.05) is 0 Å². The lowest BCUT2D eigenvalue weighted by Crippen LogP contribution is -2.38. The average molecular weight is 457 g/mol. The molecule has 2 bridgehead atoms. The number of rotatable bonds is 11. The third kappa shape index (κ3) is 8.92. The SMILES string of the molecule is CCC(CC(CC(CC(C)O)OC(C)(C)C)OC1CC2CC1CC2O)C(=O)OC(C)(C)C.